The van der Waals surface area contributed by atoms with Crippen molar-refractivity contribution in [2.75, 3.05) is 0 Å². The van der Waals surface area contributed by atoms with Gasteiger partial charge >= 0.3 is 0 Å². The molecular formula is C16H20O2. The Bertz CT molecular complexity index is 464. The zero-order chi connectivity index (χ0) is 13.4. The highest BCUT2D eigenvalue weighted by molar-refractivity contribution is 5.41. The molecule has 0 saturated heterocycles. The van der Waals surface area contributed by atoms with Crippen LogP contribution >= 0.6 is 0 Å². The maximum atomic E-state index is 9.64. The van der Waals surface area contributed by atoms with Crippen LogP contribution in [0.5, 0.6) is 11.5 Å². The van der Waals surface area contributed by atoms with Crippen molar-refractivity contribution in [2.45, 2.75) is 27.4 Å². The van der Waals surface area contributed by atoms with Crippen LogP contribution in [-0.4, -0.2) is 5.11 Å². The molecule has 0 aliphatic heterocycles. The second-order valence-corrected chi connectivity index (χ2v) is 3.75. The molecule has 0 amide bonds. The van der Waals surface area contributed by atoms with Crippen LogP contribution in [0, 0.1) is 6.92 Å². The maximum Gasteiger partial charge on any atom is 0.161 e. The third kappa shape index (κ3) is 4.13. The van der Waals surface area contributed by atoms with Gasteiger partial charge in [0.05, 0.1) is 0 Å². The molecule has 0 aliphatic rings. The predicted octanol–water partition coefficient (Wildman–Crippen LogP) is 4.31. The minimum absolute atomic E-state index is 0.191. The highest BCUT2D eigenvalue weighted by Gasteiger charge is 2.02. The summed E-state index contributed by atoms with van der Waals surface area (Å²) in [7, 11) is 0. The van der Waals surface area contributed by atoms with E-state index in [0.717, 1.165) is 11.1 Å². The van der Waals surface area contributed by atoms with Crippen LogP contribution in [0.3, 0.4) is 0 Å². The average molecular weight is 244 g/mol. The van der Waals surface area contributed by atoms with Gasteiger partial charge in [-0.15, -0.1) is 0 Å². The molecule has 0 aromatic heterocycles. The summed E-state index contributed by atoms with van der Waals surface area (Å²) in [5.74, 6) is 0.713. The van der Waals surface area contributed by atoms with E-state index in [1.54, 1.807) is 12.1 Å². The topological polar surface area (TPSA) is 29.5 Å². The lowest BCUT2D eigenvalue weighted by molar-refractivity contribution is 0.289. The van der Waals surface area contributed by atoms with E-state index in [-0.39, 0.29) is 5.75 Å². The molecule has 0 fully saturated rings. The van der Waals surface area contributed by atoms with Gasteiger partial charge in [0.1, 0.15) is 6.61 Å². The molecule has 2 rings (SSSR count). The SMILES string of the molecule is CC.Cc1ccc(OCc2ccccc2)c(O)c1. The Morgan fingerprint density at radius 1 is 1.00 bits per heavy atom. The van der Waals surface area contributed by atoms with Crippen molar-refractivity contribution < 1.29 is 9.84 Å². The second-order valence-electron chi connectivity index (χ2n) is 3.75. The van der Waals surface area contributed by atoms with Gasteiger partial charge in [-0.25, -0.2) is 0 Å². The quantitative estimate of drug-likeness (QED) is 0.872. The number of rotatable bonds is 3. The number of benzene rings is 2. The van der Waals surface area contributed by atoms with Crippen molar-refractivity contribution in [3.05, 3.63) is 59.7 Å². The largest absolute Gasteiger partial charge is 0.504 e. The Kier molecular flexibility index (Phi) is 5.78. The van der Waals surface area contributed by atoms with Gasteiger partial charge in [-0.1, -0.05) is 50.2 Å². The van der Waals surface area contributed by atoms with Crippen molar-refractivity contribution in [3.63, 3.8) is 0 Å². The molecule has 2 aromatic rings. The van der Waals surface area contributed by atoms with Crippen LogP contribution in [0.1, 0.15) is 25.0 Å². The average Bonchev–Trinajstić information content (AvgIpc) is 2.41. The smallest absolute Gasteiger partial charge is 0.161 e. The van der Waals surface area contributed by atoms with Crippen LogP contribution < -0.4 is 4.74 Å². The summed E-state index contributed by atoms with van der Waals surface area (Å²) in [4.78, 5) is 0. The molecule has 0 atom stereocenters. The number of ether oxygens (including phenoxy) is 1. The molecule has 2 heteroatoms. The highest BCUT2D eigenvalue weighted by Crippen LogP contribution is 2.27. The Balaban J connectivity index is 0.000000771. The monoisotopic (exact) mass is 244 g/mol. The van der Waals surface area contributed by atoms with Gasteiger partial charge in [-0.05, 0) is 30.2 Å². The molecular weight excluding hydrogens is 224 g/mol. The van der Waals surface area contributed by atoms with E-state index < -0.39 is 0 Å². The number of hydrogen-bond donors (Lipinski definition) is 1. The lowest BCUT2D eigenvalue weighted by Crippen LogP contribution is -1.95. The lowest BCUT2D eigenvalue weighted by atomic mass is 10.2. The zero-order valence-corrected chi connectivity index (χ0v) is 11.2. The van der Waals surface area contributed by atoms with Crippen molar-refractivity contribution in [3.8, 4) is 11.5 Å². The van der Waals surface area contributed by atoms with Crippen molar-refractivity contribution in [1.82, 2.24) is 0 Å². The van der Waals surface area contributed by atoms with Crippen LogP contribution in [-0.2, 0) is 6.61 Å². The van der Waals surface area contributed by atoms with E-state index in [1.807, 2.05) is 57.2 Å². The molecule has 0 heterocycles. The van der Waals surface area contributed by atoms with Crippen molar-refractivity contribution >= 4 is 0 Å². The van der Waals surface area contributed by atoms with E-state index in [1.165, 1.54) is 0 Å². The van der Waals surface area contributed by atoms with Gasteiger partial charge < -0.3 is 9.84 Å². The van der Waals surface area contributed by atoms with Gasteiger partial charge in [0.25, 0.3) is 0 Å². The van der Waals surface area contributed by atoms with Crippen molar-refractivity contribution in [1.29, 1.82) is 0 Å². The second kappa shape index (κ2) is 7.38. The normalized spacial score (nSPS) is 9.28. The van der Waals surface area contributed by atoms with Gasteiger partial charge in [0.2, 0.25) is 0 Å². The molecule has 96 valence electrons. The Morgan fingerprint density at radius 2 is 1.67 bits per heavy atom. The maximum absolute atomic E-state index is 9.64. The van der Waals surface area contributed by atoms with Crippen LogP contribution in [0.25, 0.3) is 0 Å². The fraction of sp³-hybridized carbons (Fsp3) is 0.250. The van der Waals surface area contributed by atoms with Crippen LogP contribution in [0.15, 0.2) is 48.5 Å². The minimum atomic E-state index is 0.191. The fourth-order valence-electron chi connectivity index (χ4n) is 1.48. The Labute approximate surface area is 109 Å². The third-order valence-electron chi connectivity index (χ3n) is 2.35. The number of phenols is 1. The molecule has 1 N–H and O–H groups in total. The van der Waals surface area contributed by atoms with Crippen molar-refractivity contribution in [2.24, 2.45) is 0 Å². The summed E-state index contributed by atoms with van der Waals surface area (Å²) in [5.41, 5.74) is 2.10. The molecule has 0 saturated carbocycles. The van der Waals surface area contributed by atoms with E-state index in [9.17, 15) is 5.11 Å². The van der Waals surface area contributed by atoms with Gasteiger partial charge in [-0.2, -0.15) is 0 Å². The summed E-state index contributed by atoms with van der Waals surface area (Å²) in [5, 5.41) is 9.64. The first-order valence-electron chi connectivity index (χ1n) is 6.22. The Morgan fingerprint density at radius 3 is 2.28 bits per heavy atom. The molecule has 0 aliphatic carbocycles. The van der Waals surface area contributed by atoms with Gasteiger partial charge in [0, 0.05) is 0 Å². The van der Waals surface area contributed by atoms with Crippen LogP contribution in [0.2, 0.25) is 0 Å². The number of aromatic hydroxyl groups is 1. The summed E-state index contributed by atoms with van der Waals surface area (Å²) >= 11 is 0. The molecule has 18 heavy (non-hydrogen) atoms. The Hall–Kier alpha value is -1.96. The molecule has 0 spiro atoms. The van der Waals surface area contributed by atoms with Gasteiger partial charge in [0.15, 0.2) is 11.5 Å². The summed E-state index contributed by atoms with van der Waals surface area (Å²) in [6.45, 7) is 6.40. The molecule has 2 nitrogen and oxygen atoms in total. The molecule has 0 bridgehead atoms. The highest BCUT2D eigenvalue weighted by atomic mass is 16.5. The van der Waals surface area contributed by atoms with Crippen LogP contribution in [0.4, 0.5) is 0 Å². The number of aryl methyl sites for hydroxylation is 1. The summed E-state index contributed by atoms with van der Waals surface area (Å²) in [6, 6.07) is 15.3. The first kappa shape index (κ1) is 14.1. The summed E-state index contributed by atoms with van der Waals surface area (Å²) in [6.07, 6.45) is 0. The summed E-state index contributed by atoms with van der Waals surface area (Å²) < 4.78 is 5.53. The van der Waals surface area contributed by atoms with E-state index in [4.69, 9.17) is 4.74 Å². The lowest BCUT2D eigenvalue weighted by Gasteiger charge is -2.08. The third-order valence-corrected chi connectivity index (χ3v) is 2.35. The predicted molar refractivity (Wildman–Crippen MR) is 75.0 cm³/mol. The van der Waals surface area contributed by atoms with E-state index in [0.29, 0.717) is 12.4 Å². The first-order valence-corrected chi connectivity index (χ1v) is 6.22. The standard InChI is InChI=1S/C14H14O2.C2H6/c1-11-7-8-14(13(15)9-11)16-10-12-5-3-2-4-6-12;1-2/h2-9,15H,10H2,1H3;1-2H3. The number of hydrogen-bond acceptors (Lipinski definition) is 2. The first-order chi connectivity index (χ1) is 8.75. The fourth-order valence-corrected chi connectivity index (χ4v) is 1.48. The minimum Gasteiger partial charge on any atom is -0.504 e. The molecule has 2 aromatic carbocycles. The van der Waals surface area contributed by atoms with Gasteiger partial charge in [-0.3, -0.25) is 0 Å². The molecule has 0 radical (unpaired) electrons. The van der Waals surface area contributed by atoms with E-state index in [2.05, 4.69) is 0 Å². The number of phenolic OH excluding ortho intramolecular Hbond substituents is 1. The zero-order valence-electron chi connectivity index (χ0n) is 11.2. The van der Waals surface area contributed by atoms with E-state index >= 15 is 0 Å². The molecule has 0 unspecified atom stereocenters.